The number of aliphatic hydroxyl groups is 1. The molecule has 0 spiro atoms. The van der Waals surface area contributed by atoms with E-state index in [1.165, 1.54) is 4.31 Å². The quantitative estimate of drug-likeness (QED) is 0.610. The van der Waals surface area contributed by atoms with E-state index in [4.69, 9.17) is 0 Å². The number of phenols is 1. The molecule has 2 heterocycles. The molecular weight excluding hydrogens is 464 g/mol. The highest BCUT2D eigenvalue weighted by molar-refractivity contribution is 8.00. The minimum Gasteiger partial charge on any atom is -0.507 e. The van der Waals surface area contributed by atoms with E-state index in [9.17, 15) is 18.6 Å². The van der Waals surface area contributed by atoms with E-state index in [1.807, 2.05) is 0 Å². The number of aliphatic hydroxyl groups excluding tert-OH is 1. The molecule has 1 aromatic heterocycles. The summed E-state index contributed by atoms with van der Waals surface area (Å²) < 4.78 is 27.3. The fourth-order valence-electron chi connectivity index (χ4n) is 3.79. The Balaban J connectivity index is 1.76. The predicted molar refractivity (Wildman–Crippen MR) is 131 cm³/mol. The number of piperidine rings is 1. The number of benzene rings is 1. The molecule has 0 amide bonds. The Kier molecular flexibility index (Phi) is 7.37. The first-order valence-corrected chi connectivity index (χ1v) is 14.0. The molecule has 0 unspecified atom stereocenters. The van der Waals surface area contributed by atoms with Gasteiger partial charge in [-0.05, 0) is 35.8 Å². The van der Waals surface area contributed by atoms with Gasteiger partial charge in [0, 0.05) is 39.7 Å². The maximum Gasteiger partial charge on any atom is 0.270 e. The van der Waals surface area contributed by atoms with Crippen molar-refractivity contribution in [2.24, 2.45) is 0 Å². The third kappa shape index (κ3) is 5.50. The zero-order valence-corrected chi connectivity index (χ0v) is 22.1. The number of aromatic nitrogens is 1. The molecule has 2 aromatic rings. The minimum absolute atomic E-state index is 0.0517. The molecule has 178 valence electrons. The Labute approximate surface area is 200 Å². The van der Waals surface area contributed by atoms with E-state index >= 15 is 0 Å². The van der Waals surface area contributed by atoms with Gasteiger partial charge in [-0.2, -0.15) is 4.31 Å². The number of rotatable bonds is 5. The van der Waals surface area contributed by atoms with E-state index in [0.717, 1.165) is 40.2 Å². The number of nitrogens with zero attached hydrogens (tertiary/aromatic N) is 2. The molecule has 32 heavy (non-hydrogen) atoms. The SMILES string of the molecule is CC(C)(C)c1cc(SC2CCN(S(=O)(=O)c3nc(CO)cs3)CC2)cc(C(C)(C)C)c1O. The largest absolute Gasteiger partial charge is 0.507 e. The van der Waals surface area contributed by atoms with Crippen LogP contribution in [-0.4, -0.2) is 46.3 Å². The zero-order valence-electron chi connectivity index (χ0n) is 19.7. The van der Waals surface area contributed by atoms with Crippen LogP contribution in [0.3, 0.4) is 0 Å². The maximum absolute atomic E-state index is 12.9. The van der Waals surface area contributed by atoms with E-state index in [2.05, 4.69) is 58.7 Å². The Bertz CT molecular complexity index is 1020. The standard InChI is InChI=1S/C23H34N2O4S3/c1-22(2,3)18-11-17(12-19(20(18)27)23(4,5)6)31-16-7-9-25(10-8-16)32(28,29)21-24-15(13-26)14-30-21/h11-12,14,16,26-27H,7-10,13H2,1-6H3. The van der Waals surface area contributed by atoms with Crippen molar-refractivity contribution in [1.29, 1.82) is 0 Å². The average Bonchev–Trinajstić information content (AvgIpc) is 3.18. The highest BCUT2D eigenvalue weighted by Crippen LogP contribution is 2.43. The molecular formula is C23H34N2O4S3. The van der Waals surface area contributed by atoms with E-state index in [1.54, 1.807) is 17.1 Å². The molecule has 1 aliphatic rings. The lowest BCUT2D eigenvalue weighted by atomic mass is 9.79. The van der Waals surface area contributed by atoms with Crippen LogP contribution in [0, 0.1) is 0 Å². The molecule has 0 aliphatic carbocycles. The van der Waals surface area contributed by atoms with Gasteiger partial charge in [0.25, 0.3) is 10.0 Å². The van der Waals surface area contributed by atoms with Gasteiger partial charge in [0.1, 0.15) is 5.75 Å². The fraction of sp³-hybridized carbons (Fsp3) is 0.609. The van der Waals surface area contributed by atoms with Gasteiger partial charge in [-0.3, -0.25) is 0 Å². The molecule has 1 aliphatic heterocycles. The molecule has 3 rings (SSSR count). The number of thioether (sulfide) groups is 1. The topological polar surface area (TPSA) is 90.7 Å². The van der Waals surface area contributed by atoms with Gasteiger partial charge >= 0.3 is 0 Å². The van der Waals surface area contributed by atoms with Gasteiger partial charge in [0.05, 0.1) is 12.3 Å². The monoisotopic (exact) mass is 498 g/mol. The first-order valence-electron chi connectivity index (χ1n) is 10.8. The molecule has 2 N–H and O–H groups in total. The van der Waals surface area contributed by atoms with Crippen LogP contribution in [-0.2, 0) is 27.5 Å². The highest BCUT2D eigenvalue weighted by atomic mass is 32.2. The number of phenolic OH excluding ortho intramolecular Hbond substituents is 1. The van der Waals surface area contributed by atoms with Crippen molar-refractivity contribution in [3.05, 3.63) is 34.3 Å². The zero-order chi connectivity index (χ0) is 23.9. The Hall–Kier alpha value is -1.13. The first kappa shape index (κ1) is 25.5. The number of hydrogen-bond donors (Lipinski definition) is 2. The second kappa shape index (κ2) is 9.25. The maximum atomic E-state index is 12.9. The van der Waals surface area contributed by atoms with Gasteiger partial charge < -0.3 is 10.2 Å². The molecule has 0 radical (unpaired) electrons. The second-order valence-electron chi connectivity index (χ2n) is 10.4. The van der Waals surface area contributed by atoms with Gasteiger partial charge in [-0.15, -0.1) is 23.1 Å². The molecule has 0 saturated carbocycles. The summed E-state index contributed by atoms with van der Waals surface area (Å²) in [5, 5.41) is 22.0. The Morgan fingerprint density at radius 1 is 1.09 bits per heavy atom. The molecule has 0 atom stereocenters. The lowest BCUT2D eigenvalue weighted by Crippen LogP contribution is -2.39. The van der Waals surface area contributed by atoms with Crippen LogP contribution in [0.2, 0.25) is 0 Å². The van der Waals surface area contributed by atoms with E-state index in [0.29, 0.717) is 29.8 Å². The van der Waals surface area contributed by atoms with Gasteiger partial charge in [0.15, 0.2) is 0 Å². The van der Waals surface area contributed by atoms with Crippen molar-refractivity contribution in [3.8, 4) is 5.75 Å². The van der Waals surface area contributed by atoms with Crippen LogP contribution in [0.4, 0.5) is 0 Å². The summed E-state index contributed by atoms with van der Waals surface area (Å²) in [6.45, 7) is 13.3. The summed E-state index contributed by atoms with van der Waals surface area (Å²) in [6, 6.07) is 4.18. The summed E-state index contributed by atoms with van der Waals surface area (Å²) in [5.74, 6) is 0.376. The Morgan fingerprint density at radius 2 is 1.62 bits per heavy atom. The van der Waals surface area contributed by atoms with Crippen LogP contribution in [0.15, 0.2) is 26.7 Å². The van der Waals surface area contributed by atoms with Gasteiger partial charge in [-0.25, -0.2) is 13.4 Å². The first-order chi connectivity index (χ1) is 14.7. The molecule has 0 bridgehead atoms. The molecule has 1 fully saturated rings. The molecule has 1 saturated heterocycles. The third-order valence-corrected chi connectivity index (χ3v) is 10.2. The molecule has 1 aromatic carbocycles. The number of aromatic hydroxyl groups is 1. The average molecular weight is 499 g/mol. The van der Waals surface area contributed by atoms with Crippen molar-refractivity contribution < 1.29 is 18.6 Å². The van der Waals surface area contributed by atoms with Crippen molar-refractivity contribution >= 4 is 33.1 Å². The normalized spacial score (nSPS) is 17.1. The van der Waals surface area contributed by atoms with Crippen LogP contribution >= 0.6 is 23.1 Å². The summed E-state index contributed by atoms with van der Waals surface area (Å²) >= 11 is 2.83. The van der Waals surface area contributed by atoms with Crippen LogP contribution in [0.25, 0.3) is 0 Å². The van der Waals surface area contributed by atoms with Crippen molar-refractivity contribution in [2.75, 3.05) is 13.1 Å². The fourth-order valence-corrected chi connectivity index (χ4v) is 7.62. The smallest absolute Gasteiger partial charge is 0.270 e. The van der Waals surface area contributed by atoms with Crippen LogP contribution < -0.4 is 0 Å². The van der Waals surface area contributed by atoms with Crippen molar-refractivity contribution in [3.63, 3.8) is 0 Å². The Morgan fingerprint density at radius 3 is 2.06 bits per heavy atom. The summed E-state index contributed by atoms with van der Waals surface area (Å²) in [5.41, 5.74) is 1.90. The van der Waals surface area contributed by atoms with Gasteiger partial charge in [0.2, 0.25) is 4.34 Å². The predicted octanol–water partition coefficient (Wildman–Crippen LogP) is 4.88. The van der Waals surface area contributed by atoms with Crippen LogP contribution in [0.5, 0.6) is 5.75 Å². The summed E-state index contributed by atoms with van der Waals surface area (Å²) in [6.07, 6.45) is 1.50. The van der Waals surface area contributed by atoms with Crippen molar-refractivity contribution in [2.45, 2.75) is 86.3 Å². The van der Waals surface area contributed by atoms with Crippen LogP contribution in [0.1, 0.15) is 71.2 Å². The number of thiazole rings is 1. The van der Waals surface area contributed by atoms with Gasteiger partial charge in [-0.1, -0.05) is 41.5 Å². The lowest BCUT2D eigenvalue weighted by molar-refractivity contribution is 0.277. The number of hydrogen-bond acceptors (Lipinski definition) is 7. The number of sulfonamides is 1. The third-order valence-electron chi connectivity index (χ3n) is 5.66. The molecule has 6 nitrogen and oxygen atoms in total. The summed E-state index contributed by atoms with van der Waals surface area (Å²) in [7, 11) is -3.62. The lowest BCUT2D eigenvalue weighted by Gasteiger charge is -2.31. The minimum atomic E-state index is -3.62. The highest BCUT2D eigenvalue weighted by Gasteiger charge is 2.33. The second-order valence-corrected chi connectivity index (χ2v) is 14.7. The van der Waals surface area contributed by atoms with E-state index < -0.39 is 10.0 Å². The van der Waals surface area contributed by atoms with E-state index in [-0.39, 0.29) is 21.8 Å². The van der Waals surface area contributed by atoms with Crippen molar-refractivity contribution in [1.82, 2.24) is 9.29 Å². The summed E-state index contributed by atoms with van der Waals surface area (Å²) in [4.78, 5) is 5.16. The molecule has 9 heteroatoms.